The Morgan fingerprint density at radius 3 is 0.879 bits per heavy atom. The molecule has 0 spiro atoms. The van der Waals surface area contributed by atoms with Crippen molar-refractivity contribution in [3.63, 3.8) is 0 Å². The average Bonchev–Trinajstić information content (AvgIpc) is 0.870. The van der Waals surface area contributed by atoms with E-state index in [1.54, 1.807) is 0 Å². The maximum atomic E-state index is 6.00. The summed E-state index contributed by atoms with van der Waals surface area (Å²) in [5.41, 5.74) is 58.2. The number of ether oxygens (including phenoxy) is 9. The van der Waals surface area contributed by atoms with Gasteiger partial charge in [-0.1, -0.05) is 190 Å². The van der Waals surface area contributed by atoms with Gasteiger partial charge in [-0.05, 0) is 358 Å². The summed E-state index contributed by atoms with van der Waals surface area (Å²) < 4.78 is 52.9. The van der Waals surface area contributed by atoms with Gasteiger partial charge in [-0.2, -0.15) is 11.8 Å². The summed E-state index contributed by atoms with van der Waals surface area (Å²) in [4.78, 5) is 2.23. The molecule has 7 atom stereocenters. The van der Waals surface area contributed by atoms with Crippen LogP contribution in [-0.4, -0.2) is 229 Å². The Kier molecular flexibility index (Phi) is 77.5. The predicted molar refractivity (Wildman–Crippen MR) is 637 cm³/mol. The third kappa shape index (κ3) is 64.1. The van der Waals surface area contributed by atoms with Gasteiger partial charge in [0.1, 0.15) is 86.5 Å². The third-order valence-corrected chi connectivity index (χ3v) is 26.9. The Morgan fingerprint density at radius 1 is 0.282 bits per heavy atom. The number of thioether (sulfide) groups is 1. The lowest BCUT2D eigenvalue weighted by atomic mass is 9.91. The standard InChI is InChI=1S/C21H38N2O3.C19H26N2O.C19H34N2O.C17H28N2O.C17H30N2O.C16H29N3O.C15H26N2OS/c1-18-9-6-10-19(2)21(18)26-17-20(3)23-12-8-16-25-14-5-4-13-24-15-7-11-22;1-14-6-4-7-15(2)19(14)22-13-16(3)21-12-18-9-5-8-17(10-18)11-20;1-16-11-10-12-17(2)19(16)22-15-18(3)21-14-9-7-5-4-6-8-13-20;1-12-5-4-6-13(2)17(12)20-11-14(3)19-16-9-7-15(18)8-10-16;1-14-9-8-10-15(2)17(14)20-13-16(3)19-12-7-5-4-6-11-18;1-13-6-5-7-14(2)16(13)20-12-15(3)18-9-11-19(4)10-8-17;1-12-5-4-6-13(2)15(12)18-11-14(3)17-8-10-19-9-7-16/h6,9-10,20,23H,4-5,7-8,11-17,22H2,1-3H3;4-10,16,21H,11-13,20H2,1-3H3;10-12,18,21H,4-9,13-15,20H2,1-3H3;4-6,14-16,19H,7-11,18H2,1-3H3;8-10,16,19H,4-7,11-13,18H2,1-3H3;5-7,15,18H,8-12,17H2,1-4H3;4-6,14,17H,7-11,16H2,1-3H3. The first-order valence-corrected chi connectivity index (χ1v) is 57.4. The van der Waals surface area contributed by atoms with Crippen LogP contribution >= 0.6 is 11.8 Å². The van der Waals surface area contributed by atoms with Crippen molar-refractivity contribution in [1.82, 2.24) is 42.1 Å². The van der Waals surface area contributed by atoms with Crippen molar-refractivity contribution in [1.29, 1.82) is 0 Å². The van der Waals surface area contributed by atoms with Gasteiger partial charge in [0, 0.05) is 145 Å². The van der Waals surface area contributed by atoms with Crippen LogP contribution in [-0.2, 0) is 22.6 Å². The first-order valence-electron chi connectivity index (χ1n) is 56.2. The Hall–Kier alpha value is -7.97. The smallest absolute Gasteiger partial charge is 0.125 e. The van der Waals surface area contributed by atoms with Gasteiger partial charge in [-0.3, -0.25) is 0 Å². The Labute approximate surface area is 910 Å². The SMILES string of the molecule is Cc1cccc(C)c1OCC(C)NC1CCC(N)CC1.Cc1cccc(C)c1OCC(C)NCCCCCCCCN.Cc1cccc(C)c1OCC(C)NCCCCCCN.Cc1cccc(C)c1OCC(C)NCCCOCCCCOCCCN.Cc1cccc(C)c1OCC(C)NCCN(C)CCN.Cc1cccc(C)c1OCC(C)NCCSCCN.Cc1cccc(C)c1OCC(C)NCc1cccc(CN)c1. The third-order valence-electron chi connectivity index (χ3n) is 25.9. The van der Waals surface area contributed by atoms with E-state index in [1.165, 1.54) is 160 Å². The summed E-state index contributed by atoms with van der Waals surface area (Å²) in [5, 5.41) is 24.6. The number of hydrogen-bond acceptors (Lipinski definition) is 25. The van der Waals surface area contributed by atoms with Crippen LogP contribution in [0.15, 0.2) is 152 Å². The molecule has 0 heterocycles. The molecule has 21 N–H and O–H groups in total. The van der Waals surface area contributed by atoms with E-state index in [-0.39, 0.29) is 6.04 Å². The van der Waals surface area contributed by atoms with Gasteiger partial charge in [0.05, 0.1) is 0 Å². The maximum Gasteiger partial charge on any atom is 0.125 e. The fourth-order valence-corrected chi connectivity index (χ4v) is 17.5. The van der Waals surface area contributed by atoms with Gasteiger partial charge >= 0.3 is 0 Å². The van der Waals surface area contributed by atoms with Crippen LogP contribution in [0.2, 0.25) is 0 Å². The van der Waals surface area contributed by atoms with Gasteiger partial charge in [0.25, 0.3) is 0 Å². The minimum absolute atomic E-state index is 0.278. The molecule has 25 heteroatoms. The lowest BCUT2D eigenvalue weighted by Gasteiger charge is -2.29. The van der Waals surface area contributed by atoms with Crippen LogP contribution in [0.3, 0.4) is 0 Å². The average molecular weight is 2090 g/mol. The van der Waals surface area contributed by atoms with Crippen LogP contribution in [0.5, 0.6) is 40.2 Å². The molecule has 1 aliphatic rings. The van der Waals surface area contributed by atoms with Crippen molar-refractivity contribution in [2.45, 2.75) is 328 Å². The predicted octanol–water partition coefficient (Wildman–Crippen LogP) is 20.5. The van der Waals surface area contributed by atoms with Gasteiger partial charge in [0.15, 0.2) is 0 Å². The van der Waals surface area contributed by atoms with E-state index in [1.807, 2.05) is 11.8 Å². The van der Waals surface area contributed by atoms with Crippen LogP contribution in [0.4, 0.5) is 0 Å². The van der Waals surface area contributed by atoms with Crippen molar-refractivity contribution < 1.29 is 42.6 Å². The molecular formula is C124H211N15O9S. The fourth-order valence-electron chi connectivity index (χ4n) is 16.9. The number of hydrogen-bond donors (Lipinski definition) is 14. The van der Waals surface area contributed by atoms with E-state index < -0.39 is 0 Å². The lowest BCUT2D eigenvalue weighted by Crippen LogP contribution is -2.43. The molecule has 1 aliphatic carbocycles. The van der Waals surface area contributed by atoms with E-state index in [2.05, 4.69) is 346 Å². The van der Waals surface area contributed by atoms with Crippen LogP contribution in [0.25, 0.3) is 0 Å². The van der Waals surface area contributed by atoms with Crippen LogP contribution in [0.1, 0.15) is 253 Å². The van der Waals surface area contributed by atoms with Crippen molar-refractivity contribution in [3.05, 3.63) is 241 Å². The number of nitrogens with zero attached hydrogens (tertiary/aromatic N) is 1. The van der Waals surface area contributed by atoms with E-state index in [0.717, 1.165) is 202 Å². The molecule has 149 heavy (non-hydrogen) atoms. The quantitative estimate of drug-likeness (QED) is 0.0157. The second kappa shape index (κ2) is 85.4. The molecular weight excluding hydrogens is 1880 g/mol. The molecule has 0 amide bonds. The monoisotopic (exact) mass is 2090 g/mol. The zero-order valence-corrected chi connectivity index (χ0v) is 97.8. The highest BCUT2D eigenvalue weighted by atomic mass is 32.2. The van der Waals surface area contributed by atoms with E-state index >= 15 is 0 Å². The first-order chi connectivity index (χ1) is 71.8. The van der Waals surface area contributed by atoms with Crippen molar-refractivity contribution >= 4 is 11.8 Å². The largest absolute Gasteiger partial charge is 0.491 e. The van der Waals surface area contributed by atoms with Gasteiger partial charge in [-0.15, -0.1) is 0 Å². The summed E-state index contributed by atoms with van der Waals surface area (Å²) in [6.45, 7) is 64.7. The summed E-state index contributed by atoms with van der Waals surface area (Å²) in [6, 6.07) is 55.6. The second-order valence-electron chi connectivity index (χ2n) is 41.0. The number of nitrogens with one attached hydrogen (secondary N) is 7. The molecule has 0 aliphatic heterocycles. The number of benzene rings is 8. The molecule has 842 valence electrons. The molecule has 0 bridgehead atoms. The number of nitrogens with two attached hydrogens (primary N) is 7. The van der Waals surface area contributed by atoms with Crippen molar-refractivity contribution in [3.8, 4) is 40.2 Å². The molecule has 0 saturated heterocycles. The van der Waals surface area contributed by atoms with Crippen LogP contribution in [0, 0.1) is 96.9 Å². The summed E-state index contributed by atoms with van der Waals surface area (Å²) in [5.74, 6) is 9.29. The summed E-state index contributed by atoms with van der Waals surface area (Å²) >= 11 is 1.89. The molecule has 1 saturated carbocycles. The molecule has 8 aromatic rings. The second-order valence-corrected chi connectivity index (χ2v) is 42.2. The van der Waals surface area contributed by atoms with Gasteiger partial charge < -0.3 is 125 Å². The zero-order valence-electron chi connectivity index (χ0n) is 97.0. The van der Waals surface area contributed by atoms with E-state index in [0.29, 0.717) is 108 Å². The minimum Gasteiger partial charge on any atom is -0.491 e. The maximum absolute atomic E-state index is 6.00. The molecule has 7 unspecified atom stereocenters. The van der Waals surface area contributed by atoms with Crippen LogP contribution < -0.4 is 111 Å². The zero-order chi connectivity index (χ0) is 110. The normalized spacial score (nSPS) is 14.0. The van der Waals surface area contributed by atoms with Gasteiger partial charge in [-0.25, -0.2) is 0 Å². The molecule has 24 nitrogen and oxygen atoms in total. The van der Waals surface area contributed by atoms with E-state index in [9.17, 15) is 0 Å². The lowest BCUT2D eigenvalue weighted by molar-refractivity contribution is 0.101. The fraction of sp³-hybridized carbons (Fsp3) is 0.613. The molecule has 0 radical (unpaired) electrons. The highest BCUT2D eigenvalue weighted by molar-refractivity contribution is 7.99. The molecule has 0 aromatic heterocycles. The number of unbranched alkanes of at least 4 members (excludes halogenated alkanes) is 9. The minimum atomic E-state index is 0.278. The number of rotatable bonds is 68. The Bertz CT molecular complexity index is 4520. The number of para-hydroxylation sites is 7. The Balaban J connectivity index is 0.000000447. The topological polar surface area (TPSA) is 353 Å². The summed E-state index contributed by atoms with van der Waals surface area (Å²) in [6.07, 6.45) is 21.2. The highest BCUT2D eigenvalue weighted by Crippen LogP contribution is 2.30. The Morgan fingerprint density at radius 2 is 0.557 bits per heavy atom. The molecule has 8 aromatic carbocycles. The number of likely N-dealkylation sites (N-methyl/N-ethyl adjacent to an activating group) is 1. The van der Waals surface area contributed by atoms with Gasteiger partial charge in [0.2, 0.25) is 0 Å². The summed E-state index contributed by atoms with van der Waals surface area (Å²) in [7, 11) is 2.09. The molecule has 9 rings (SSSR count). The molecule has 1 fully saturated rings. The highest BCUT2D eigenvalue weighted by Gasteiger charge is 2.22. The van der Waals surface area contributed by atoms with E-state index in [4.69, 9.17) is 82.8 Å². The van der Waals surface area contributed by atoms with Crippen molar-refractivity contribution in [2.75, 3.05) is 170 Å². The van der Waals surface area contributed by atoms with Crippen molar-refractivity contribution in [2.24, 2.45) is 40.1 Å². The first kappa shape index (κ1) is 135. The number of aryl methyl sites for hydroxylation is 14.